The van der Waals surface area contributed by atoms with E-state index in [1.165, 1.54) is 23.4 Å². The van der Waals surface area contributed by atoms with Crippen molar-refractivity contribution in [1.82, 2.24) is 0 Å². The molecule has 0 heterocycles. The van der Waals surface area contributed by atoms with Crippen LogP contribution in [0.2, 0.25) is 0 Å². The highest BCUT2D eigenvalue weighted by molar-refractivity contribution is 5.46. The summed E-state index contributed by atoms with van der Waals surface area (Å²) in [5.41, 5.74) is 9.56. The molecule has 0 aliphatic heterocycles. The van der Waals surface area contributed by atoms with Crippen LogP contribution in [0.25, 0.3) is 0 Å². The Kier molecular flexibility index (Phi) is 4.74. The summed E-state index contributed by atoms with van der Waals surface area (Å²) in [4.78, 5) is 2.18. The molecule has 2 N–H and O–H groups in total. The minimum Gasteiger partial charge on any atom is -0.375 e. The summed E-state index contributed by atoms with van der Waals surface area (Å²) in [7, 11) is 2.06. The van der Waals surface area contributed by atoms with Crippen LogP contribution in [0.15, 0.2) is 48.5 Å². The van der Waals surface area contributed by atoms with Crippen LogP contribution < -0.4 is 10.6 Å². The molecule has 0 saturated heterocycles. The Hall–Kier alpha value is -1.87. The molecular weight excluding hydrogens is 251 g/mol. The maximum Gasteiger partial charge on any atom is 0.123 e. The number of benzene rings is 2. The van der Waals surface area contributed by atoms with E-state index in [0.717, 1.165) is 18.5 Å². The molecule has 0 aliphatic carbocycles. The summed E-state index contributed by atoms with van der Waals surface area (Å²) in [6.07, 6.45) is 0.829. The Bertz CT molecular complexity index is 482. The summed E-state index contributed by atoms with van der Waals surface area (Å²) in [5.74, 6) is -0.224. The van der Waals surface area contributed by atoms with Crippen LogP contribution in [-0.2, 0) is 0 Å². The van der Waals surface area contributed by atoms with Gasteiger partial charge in [0.25, 0.3) is 0 Å². The third-order valence-corrected chi connectivity index (χ3v) is 3.55. The summed E-state index contributed by atoms with van der Waals surface area (Å²) in [5, 5.41) is 0. The predicted molar refractivity (Wildman–Crippen MR) is 82.4 cm³/mol. The largest absolute Gasteiger partial charge is 0.375 e. The second kappa shape index (κ2) is 6.53. The lowest BCUT2D eigenvalue weighted by Crippen LogP contribution is -2.23. The minimum atomic E-state index is -0.224. The molecule has 0 spiro atoms. The Labute approximate surface area is 120 Å². The first-order chi connectivity index (χ1) is 9.56. The molecule has 0 aromatic heterocycles. The zero-order chi connectivity index (χ0) is 14.5. The average molecular weight is 272 g/mol. The molecule has 0 fully saturated rings. The summed E-state index contributed by atoms with van der Waals surface area (Å²) >= 11 is 0. The monoisotopic (exact) mass is 272 g/mol. The maximum absolute atomic E-state index is 12.9. The van der Waals surface area contributed by atoms with E-state index in [0.29, 0.717) is 0 Å². The van der Waals surface area contributed by atoms with Crippen molar-refractivity contribution >= 4 is 5.69 Å². The van der Waals surface area contributed by atoms with E-state index in [1.807, 2.05) is 0 Å². The molecule has 2 rings (SSSR count). The highest BCUT2D eigenvalue weighted by Crippen LogP contribution is 2.18. The summed E-state index contributed by atoms with van der Waals surface area (Å²) in [6, 6.07) is 14.8. The van der Waals surface area contributed by atoms with Crippen molar-refractivity contribution in [3.8, 4) is 0 Å². The zero-order valence-corrected chi connectivity index (χ0v) is 12.0. The van der Waals surface area contributed by atoms with Gasteiger partial charge in [0.15, 0.2) is 0 Å². The number of rotatable bonds is 5. The van der Waals surface area contributed by atoms with Crippen molar-refractivity contribution in [3.63, 3.8) is 0 Å². The molecule has 2 nitrogen and oxygen atoms in total. The number of halogens is 1. The van der Waals surface area contributed by atoms with Crippen LogP contribution >= 0.6 is 0 Å². The standard InChI is InChI=1S/C17H21FN2/c1-13-3-9-16(10-4-13)20(2)12-11-17(19)14-5-7-15(18)8-6-14/h3-10,17H,11-12,19H2,1-2H3. The number of hydrogen-bond acceptors (Lipinski definition) is 2. The van der Waals surface area contributed by atoms with Crippen molar-refractivity contribution in [2.75, 3.05) is 18.5 Å². The van der Waals surface area contributed by atoms with Crippen LogP contribution in [0.5, 0.6) is 0 Å². The highest BCUT2D eigenvalue weighted by atomic mass is 19.1. The Morgan fingerprint density at radius 1 is 1.05 bits per heavy atom. The van der Waals surface area contributed by atoms with E-state index in [9.17, 15) is 4.39 Å². The van der Waals surface area contributed by atoms with E-state index in [1.54, 1.807) is 12.1 Å². The van der Waals surface area contributed by atoms with Gasteiger partial charge in [0.2, 0.25) is 0 Å². The van der Waals surface area contributed by atoms with Crippen LogP contribution in [0, 0.1) is 12.7 Å². The SMILES string of the molecule is Cc1ccc(N(C)CCC(N)c2ccc(F)cc2)cc1. The van der Waals surface area contributed by atoms with Gasteiger partial charge in [-0.1, -0.05) is 29.8 Å². The average Bonchev–Trinajstić information content (AvgIpc) is 2.46. The molecule has 0 amide bonds. The third-order valence-electron chi connectivity index (χ3n) is 3.55. The van der Waals surface area contributed by atoms with Gasteiger partial charge in [-0.2, -0.15) is 0 Å². The van der Waals surface area contributed by atoms with Gasteiger partial charge in [-0.05, 0) is 43.2 Å². The number of anilines is 1. The van der Waals surface area contributed by atoms with Gasteiger partial charge in [0, 0.05) is 25.3 Å². The van der Waals surface area contributed by atoms with E-state index in [4.69, 9.17) is 5.73 Å². The van der Waals surface area contributed by atoms with Gasteiger partial charge in [-0.25, -0.2) is 4.39 Å². The normalized spacial score (nSPS) is 12.2. The molecule has 1 unspecified atom stereocenters. The fourth-order valence-corrected chi connectivity index (χ4v) is 2.14. The van der Waals surface area contributed by atoms with Crippen molar-refractivity contribution in [2.24, 2.45) is 5.73 Å². The van der Waals surface area contributed by atoms with Crippen molar-refractivity contribution in [1.29, 1.82) is 0 Å². The van der Waals surface area contributed by atoms with Crippen molar-refractivity contribution in [2.45, 2.75) is 19.4 Å². The van der Waals surface area contributed by atoms with Crippen molar-refractivity contribution in [3.05, 3.63) is 65.5 Å². The molecule has 20 heavy (non-hydrogen) atoms. The molecule has 3 heteroatoms. The number of hydrogen-bond donors (Lipinski definition) is 1. The number of aryl methyl sites for hydroxylation is 1. The first kappa shape index (κ1) is 14.5. The Balaban J connectivity index is 1.91. The molecule has 0 aliphatic rings. The summed E-state index contributed by atoms with van der Waals surface area (Å²) in [6.45, 7) is 2.94. The second-order valence-electron chi connectivity index (χ2n) is 5.20. The molecule has 0 bridgehead atoms. The fraction of sp³-hybridized carbons (Fsp3) is 0.294. The maximum atomic E-state index is 12.9. The van der Waals surface area contributed by atoms with E-state index < -0.39 is 0 Å². The smallest absolute Gasteiger partial charge is 0.123 e. The van der Waals surface area contributed by atoms with E-state index in [2.05, 4.69) is 43.1 Å². The quantitative estimate of drug-likeness (QED) is 0.900. The first-order valence-electron chi connectivity index (χ1n) is 6.85. The highest BCUT2D eigenvalue weighted by Gasteiger charge is 2.08. The van der Waals surface area contributed by atoms with Gasteiger partial charge in [0.1, 0.15) is 5.82 Å². The zero-order valence-electron chi connectivity index (χ0n) is 12.0. The Morgan fingerprint density at radius 3 is 2.25 bits per heavy atom. The first-order valence-corrected chi connectivity index (χ1v) is 6.85. The molecular formula is C17H21FN2. The molecule has 106 valence electrons. The van der Waals surface area contributed by atoms with Crippen molar-refractivity contribution < 1.29 is 4.39 Å². The molecule has 1 atom stereocenters. The fourth-order valence-electron chi connectivity index (χ4n) is 2.14. The topological polar surface area (TPSA) is 29.3 Å². The van der Waals surface area contributed by atoms with Gasteiger partial charge in [0.05, 0.1) is 0 Å². The number of nitrogens with two attached hydrogens (primary N) is 1. The van der Waals surface area contributed by atoms with Gasteiger partial charge < -0.3 is 10.6 Å². The van der Waals surface area contributed by atoms with Gasteiger partial charge in [-0.3, -0.25) is 0 Å². The second-order valence-corrected chi connectivity index (χ2v) is 5.20. The molecule has 2 aromatic rings. The van der Waals surface area contributed by atoms with Crippen LogP contribution in [0.4, 0.5) is 10.1 Å². The van der Waals surface area contributed by atoms with Crippen LogP contribution in [-0.4, -0.2) is 13.6 Å². The van der Waals surface area contributed by atoms with Gasteiger partial charge >= 0.3 is 0 Å². The minimum absolute atomic E-state index is 0.0662. The lowest BCUT2D eigenvalue weighted by molar-refractivity contribution is 0.618. The molecule has 0 saturated carbocycles. The number of nitrogens with zero attached hydrogens (tertiary/aromatic N) is 1. The van der Waals surface area contributed by atoms with Gasteiger partial charge in [-0.15, -0.1) is 0 Å². The van der Waals surface area contributed by atoms with Crippen LogP contribution in [0.3, 0.4) is 0 Å². The lowest BCUT2D eigenvalue weighted by atomic mass is 10.0. The summed E-state index contributed by atoms with van der Waals surface area (Å²) < 4.78 is 12.9. The van der Waals surface area contributed by atoms with Crippen LogP contribution in [0.1, 0.15) is 23.6 Å². The third kappa shape index (κ3) is 3.81. The molecule has 0 radical (unpaired) electrons. The lowest BCUT2D eigenvalue weighted by Gasteiger charge is -2.22. The Morgan fingerprint density at radius 2 is 1.65 bits per heavy atom. The van der Waals surface area contributed by atoms with E-state index in [-0.39, 0.29) is 11.9 Å². The molecule has 2 aromatic carbocycles. The van der Waals surface area contributed by atoms with E-state index >= 15 is 0 Å². The predicted octanol–water partition coefficient (Wildman–Crippen LogP) is 3.66.